The molecule has 2 heterocycles. The number of ether oxygens (including phenoxy) is 2. The van der Waals surface area contributed by atoms with E-state index in [-0.39, 0.29) is 11.5 Å². The van der Waals surface area contributed by atoms with Crippen molar-refractivity contribution in [2.24, 2.45) is 4.99 Å². The number of nitrogens with one attached hydrogen (secondary N) is 1. The van der Waals surface area contributed by atoms with Crippen molar-refractivity contribution in [3.05, 3.63) is 118 Å². The number of anilines is 1. The third kappa shape index (κ3) is 5.36. The smallest absolute Gasteiger partial charge is 0.271 e. The third-order valence-corrected chi connectivity index (χ3v) is 8.27. The average Bonchev–Trinajstić information content (AvgIpc) is 3.22. The van der Waals surface area contributed by atoms with Crippen molar-refractivity contribution in [2.75, 3.05) is 19.5 Å². The summed E-state index contributed by atoms with van der Waals surface area (Å²) in [4.78, 5) is 32.9. The Labute approximate surface area is 245 Å². The lowest BCUT2D eigenvalue weighted by Crippen LogP contribution is -2.40. The Morgan fingerprint density at radius 2 is 1.82 bits per heavy atom. The summed E-state index contributed by atoms with van der Waals surface area (Å²) < 4.78 is 14.7. The number of amides is 1. The summed E-state index contributed by atoms with van der Waals surface area (Å²) in [6.45, 7) is 1.79. The van der Waals surface area contributed by atoms with Gasteiger partial charge in [0, 0.05) is 15.7 Å². The van der Waals surface area contributed by atoms with Crippen LogP contribution < -0.4 is 29.7 Å². The van der Waals surface area contributed by atoms with Crippen molar-refractivity contribution in [3.63, 3.8) is 0 Å². The molecule has 0 saturated heterocycles. The molecule has 0 bridgehead atoms. The summed E-state index contributed by atoms with van der Waals surface area (Å²) in [5, 5.41) is 2.96. The minimum atomic E-state index is -0.710. The highest BCUT2D eigenvalue weighted by molar-refractivity contribution is 9.11. The van der Waals surface area contributed by atoms with E-state index in [0.717, 1.165) is 20.1 Å². The van der Waals surface area contributed by atoms with Gasteiger partial charge in [-0.2, -0.15) is 0 Å². The first kappa shape index (κ1) is 27.1. The molecule has 3 aromatic carbocycles. The lowest BCUT2D eigenvalue weighted by Gasteiger charge is -2.25. The van der Waals surface area contributed by atoms with Gasteiger partial charge in [-0.3, -0.25) is 14.2 Å². The molecule has 0 spiro atoms. The Morgan fingerprint density at radius 1 is 1.05 bits per heavy atom. The topological polar surface area (TPSA) is 81.9 Å². The molecule has 1 aliphatic rings. The van der Waals surface area contributed by atoms with Crippen LogP contribution in [0.4, 0.5) is 5.69 Å². The van der Waals surface area contributed by atoms with Gasteiger partial charge >= 0.3 is 0 Å². The number of carbonyl (C=O) groups is 1. The van der Waals surface area contributed by atoms with Crippen LogP contribution >= 0.6 is 43.2 Å². The Balaban J connectivity index is 1.72. The van der Waals surface area contributed by atoms with Crippen molar-refractivity contribution in [2.45, 2.75) is 13.0 Å². The maximum absolute atomic E-state index is 14.0. The van der Waals surface area contributed by atoms with Crippen LogP contribution in [0.15, 0.2) is 96.7 Å². The van der Waals surface area contributed by atoms with Crippen LogP contribution in [0.1, 0.15) is 24.1 Å². The molecule has 1 amide bonds. The summed E-state index contributed by atoms with van der Waals surface area (Å²) in [6, 6.07) is 19.6. The second kappa shape index (κ2) is 11.3. The summed E-state index contributed by atoms with van der Waals surface area (Å²) in [5.74, 6) is 0.894. The number of halogens is 2. The zero-order valence-electron chi connectivity index (χ0n) is 21.2. The van der Waals surface area contributed by atoms with Crippen molar-refractivity contribution in [1.82, 2.24) is 4.57 Å². The van der Waals surface area contributed by atoms with Crippen molar-refractivity contribution in [1.29, 1.82) is 0 Å². The molecule has 0 aliphatic carbocycles. The zero-order chi connectivity index (χ0) is 27.7. The van der Waals surface area contributed by atoms with Gasteiger partial charge in [-0.15, -0.1) is 0 Å². The van der Waals surface area contributed by atoms with Gasteiger partial charge in [-0.25, -0.2) is 4.99 Å². The molecular formula is C29H23Br2N3O4S. The van der Waals surface area contributed by atoms with Crippen LogP contribution in [0, 0.1) is 0 Å². The summed E-state index contributed by atoms with van der Waals surface area (Å²) in [5.41, 5.74) is 2.76. The lowest BCUT2D eigenvalue weighted by atomic mass is 9.95. The van der Waals surface area contributed by atoms with E-state index in [4.69, 9.17) is 14.5 Å². The number of nitrogens with zero attached hydrogens (tertiary/aromatic N) is 2. The molecule has 1 atom stereocenters. The number of methoxy groups -OCH3 is 2. The molecule has 10 heteroatoms. The number of hydrogen-bond donors (Lipinski definition) is 1. The fourth-order valence-corrected chi connectivity index (χ4v) is 6.96. The number of carbonyl (C=O) groups excluding carboxylic acids is 1. The van der Waals surface area contributed by atoms with Crippen LogP contribution in [0.5, 0.6) is 11.5 Å². The number of aromatic nitrogens is 1. The lowest BCUT2D eigenvalue weighted by molar-refractivity contribution is -0.113. The molecule has 0 unspecified atom stereocenters. The highest BCUT2D eigenvalue weighted by Gasteiger charge is 2.32. The Hall–Kier alpha value is -3.47. The molecule has 0 radical (unpaired) electrons. The first-order chi connectivity index (χ1) is 18.8. The Kier molecular flexibility index (Phi) is 7.88. The normalized spacial score (nSPS) is 15.0. The zero-order valence-corrected chi connectivity index (χ0v) is 25.2. The molecule has 1 N–H and O–H groups in total. The summed E-state index contributed by atoms with van der Waals surface area (Å²) >= 11 is 8.30. The monoisotopic (exact) mass is 667 g/mol. The maximum Gasteiger partial charge on any atom is 0.271 e. The predicted molar refractivity (Wildman–Crippen MR) is 160 cm³/mol. The van der Waals surface area contributed by atoms with Crippen molar-refractivity contribution in [3.8, 4) is 11.5 Å². The SMILES string of the molecule is COc1cccc([C@H]2C(C(=O)Nc3ccccc3)=C(C)N=c3s/c(=C\c4cc(Br)cc(Br)c4OC)c(=O)n32)c1. The summed E-state index contributed by atoms with van der Waals surface area (Å²) in [6.07, 6.45) is 1.78. The Bertz CT molecular complexity index is 1800. The molecule has 5 rings (SSSR count). The van der Waals surface area contributed by atoms with Crippen molar-refractivity contribution < 1.29 is 14.3 Å². The molecule has 0 saturated carbocycles. The van der Waals surface area contributed by atoms with Gasteiger partial charge in [0.15, 0.2) is 4.80 Å². The molecular weight excluding hydrogens is 646 g/mol. The van der Waals surface area contributed by atoms with Crippen LogP contribution in [0.3, 0.4) is 0 Å². The molecule has 0 fully saturated rings. The van der Waals surface area contributed by atoms with Crippen LogP contribution in [-0.4, -0.2) is 24.7 Å². The van der Waals surface area contributed by atoms with E-state index < -0.39 is 6.04 Å². The second-order valence-corrected chi connectivity index (χ2v) is 11.5. The van der Waals surface area contributed by atoms with E-state index in [1.807, 2.05) is 66.7 Å². The maximum atomic E-state index is 14.0. The molecule has 39 heavy (non-hydrogen) atoms. The number of hydrogen-bond acceptors (Lipinski definition) is 6. The minimum Gasteiger partial charge on any atom is -0.497 e. The first-order valence-corrected chi connectivity index (χ1v) is 14.3. The molecule has 1 aromatic heterocycles. The van der Waals surface area contributed by atoms with Crippen LogP contribution in [0.25, 0.3) is 6.08 Å². The van der Waals surface area contributed by atoms with Gasteiger partial charge in [0.25, 0.3) is 11.5 Å². The Morgan fingerprint density at radius 3 is 2.54 bits per heavy atom. The predicted octanol–water partition coefficient (Wildman–Crippen LogP) is 5.42. The minimum absolute atomic E-state index is 0.262. The molecule has 7 nitrogen and oxygen atoms in total. The highest BCUT2D eigenvalue weighted by atomic mass is 79.9. The molecule has 4 aromatic rings. The van der Waals surface area contributed by atoms with Gasteiger partial charge in [-0.05, 0) is 70.9 Å². The van der Waals surface area contributed by atoms with E-state index in [9.17, 15) is 9.59 Å². The van der Waals surface area contributed by atoms with Gasteiger partial charge in [0.1, 0.15) is 11.5 Å². The third-order valence-electron chi connectivity index (χ3n) is 6.24. The number of para-hydroxylation sites is 1. The number of fused-ring (bicyclic) bond motifs is 1. The largest absolute Gasteiger partial charge is 0.497 e. The van der Waals surface area contributed by atoms with Gasteiger partial charge in [-0.1, -0.05) is 57.6 Å². The quantitative estimate of drug-likeness (QED) is 0.298. The number of thiazole rings is 1. The molecule has 1 aliphatic heterocycles. The van der Waals surface area contributed by atoms with Gasteiger partial charge in [0.05, 0.1) is 40.5 Å². The number of allylic oxidation sites excluding steroid dienone is 1. The highest BCUT2D eigenvalue weighted by Crippen LogP contribution is 2.34. The second-order valence-electron chi connectivity index (χ2n) is 8.69. The number of rotatable bonds is 6. The van der Waals surface area contributed by atoms with Crippen molar-refractivity contribution >= 4 is 60.9 Å². The van der Waals surface area contributed by atoms with E-state index >= 15 is 0 Å². The molecule has 198 valence electrons. The van der Waals surface area contributed by atoms with Crippen LogP contribution in [0.2, 0.25) is 0 Å². The van der Waals surface area contributed by atoms with Crippen LogP contribution in [-0.2, 0) is 4.79 Å². The van der Waals surface area contributed by atoms with E-state index in [1.165, 1.54) is 11.3 Å². The fourth-order valence-electron chi connectivity index (χ4n) is 4.50. The standard InChI is InChI=1S/C29H23Br2N3O4S/c1-16-24(27(35)33-20-9-5-4-6-10-20)25(17-8-7-11-21(13-17)37-2)34-28(36)23(39-29(34)32-16)14-18-12-19(30)15-22(31)26(18)38-3/h4-15,25H,1-3H3,(H,33,35)/b23-14-/t25-/m0/s1. The van der Waals surface area contributed by atoms with E-state index in [2.05, 4.69) is 37.2 Å². The first-order valence-electron chi connectivity index (χ1n) is 11.9. The van der Waals surface area contributed by atoms with Gasteiger partial charge in [0.2, 0.25) is 0 Å². The average molecular weight is 669 g/mol. The van der Waals surface area contributed by atoms with Gasteiger partial charge < -0.3 is 14.8 Å². The fraction of sp³-hybridized carbons (Fsp3) is 0.138. The van der Waals surface area contributed by atoms with E-state index in [1.54, 1.807) is 31.8 Å². The van der Waals surface area contributed by atoms with E-state index in [0.29, 0.717) is 37.8 Å². The number of benzene rings is 3. The summed E-state index contributed by atoms with van der Waals surface area (Å²) in [7, 11) is 3.16.